The normalized spacial score (nSPS) is 27.2. The molecule has 2 N–H and O–H groups in total. The Labute approximate surface area is 171 Å². The molecule has 0 unspecified atom stereocenters. The molecule has 0 spiro atoms. The first-order chi connectivity index (χ1) is 13.9. The highest BCUT2D eigenvalue weighted by molar-refractivity contribution is 5.91. The van der Waals surface area contributed by atoms with Crippen molar-refractivity contribution in [2.24, 2.45) is 7.05 Å². The maximum Gasteiger partial charge on any atom is 0.239 e. The third kappa shape index (κ3) is 4.34. The van der Waals surface area contributed by atoms with E-state index in [1.165, 1.54) is 5.56 Å². The van der Waals surface area contributed by atoms with Crippen LogP contribution in [-0.4, -0.2) is 50.7 Å². The Kier molecular flexibility index (Phi) is 5.41. The number of fused-ring (bicyclic) bond motifs is 1. The SMILES string of the molecule is Cn1ccc(NC(=O)CN2[C@H](Cc3ccccc3)C[C@]3(C)NC(=O)CCC[C@H]23)n1. The molecule has 1 aromatic carbocycles. The van der Waals surface area contributed by atoms with Crippen molar-refractivity contribution < 1.29 is 9.59 Å². The molecule has 1 aromatic heterocycles. The number of hydrogen-bond donors (Lipinski definition) is 2. The van der Waals surface area contributed by atoms with Gasteiger partial charge in [0.05, 0.1) is 12.1 Å². The van der Waals surface area contributed by atoms with Gasteiger partial charge in [0.25, 0.3) is 0 Å². The number of rotatable bonds is 5. The first-order valence-electron chi connectivity index (χ1n) is 10.3. The van der Waals surface area contributed by atoms with Crippen molar-refractivity contribution in [3.05, 3.63) is 48.2 Å². The fourth-order valence-electron chi connectivity index (χ4n) is 4.96. The van der Waals surface area contributed by atoms with Crippen LogP contribution in [0.3, 0.4) is 0 Å². The van der Waals surface area contributed by atoms with E-state index in [2.05, 4.69) is 39.7 Å². The van der Waals surface area contributed by atoms with Crippen molar-refractivity contribution in [1.29, 1.82) is 0 Å². The molecule has 2 aliphatic heterocycles. The van der Waals surface area contributed by atoms with E-state index in [-0.39, 0.29) is 29.4 Å². The summed E-state index contributed by atoms with van der Waals surface area (Å²) in [6.45, 7) is 2.43. The van der Waals surface area contributed by atoms with E-state index in [0.717, 1.165) is 25.7 Å². The van der Waals surface area contributed by atoms with Crippen molar-refractivity contribution in [1.82, 2.24) is 20.0 Å². The average Bonchev–Trinajstić information content (AvgIpc) is 3.12. The molecule has 3 atom stereocenters. The molecule has 2 amide bonds. The Morgan fingerprint density at radius 1 is 1.31 bits per heavy atom. The van der Waals surface area contributed by atoms with E-state index in [1.54, 1.807) is 10.7 Å². The van der Waals surface area contributed by atoms with Gasteiger partial charge in [-0.15, -0.1) is 0 Å². The fourth-order valence-corrected chi connectivity index (χ4v) is 4.96. The minimum atomic E-state index is -0.307. The molecule has 154 valence electrons. The summed E-state index contributed by atoms with van der Waals surface area (Å²) in [4.78, 5) is 27.4. The maximum atomic E-state index is 12.8. The number of likely N-dealkylation sites (tertiary alicyclic amines) is 1. The summed E-state index contributed by atoms with van der Waals surface area (Å²) in [5.41, 5.74) is 0.942. The van der Waals surface area contributed by atoms with Crippen LogP contribution in [0.5, 0.6) is 0 Å². The molecular formula is C22H29N5O2. The van der Waals surface area contributed by atoms with E-state index in [0.29, 0.717) is 18.8 Å². The molecule has 2 aliphatic rings. The van der Waals surface area contributed by atoms with E-state index >= 15 is 0 Å². The van der Waals surface area contributed by atoms with E-state index < -0.39 is 0 Å². The summed E-state index contributed by atoms with van der Waals surface area (Å²) in [5, 5.41) is 10.4. The second kappa shape index (κ2) is 7.99. The van der Waals surface area contributed by atoms with Gasteiger partial charge < -0.3 is 10.6 Å². The molecule has 7 nitrogen and oxygen atoms in total. The number of amides is 2. The van der Waals surface area contributed by atoms with Gasteiger partial charge in [-0.05, 0) is 38.2 Å². The highest BCUT2D eigenvalue weighted by atomic mass is 16.2. The largest absolute Gasteiger partial charge is 0.349 e. The topological polar surface area (TPSA) is 79.3 Å². The van der Waals surface area contributed by atoms with Crippen LogP contribution in [0.2, 0.25) is 0 Å². The fraction of sp³-hybridized carbons (Fsp3) is 0.500. The Balaban J connectivity index is 1.55. The zero-order valence-electron chi connectivity index (χ0n) is 17.1. The van der Waals surface area contributed by atoms with Gasteiger partial charge in [-0.3, -0.25) is 19.2 Å². The number of nitrogens with zero attached hydrogens (tertiary/aromatic N) is 3. The molecule has 0 aliphatic carbocycles. The third-order valence-corrected chi connectivity index (χ3v) is 6.19. The quantitative estimate of drug-likeness (QED) is 0.813. The van der Waals surface area contributed by atoms with Gasteiger partial charge in [0, 0.05) is 37.8 Å². The number of anilines is 1. The number of carbonyl (C=O) groups is 2. The van der Waals surface area contributed by atoms with E-state index in [1.807, 2.05) is 31.4 Å². The van der Waals surface area contributed by atoms with Crippen molar-refractivity contribution >= 4 is 17.6 Å². The summed E-state index contributed by atoms with van der Waals surface area (Å²) in [6, 6.07) is 12.5. The summed E-state index contributed by atoms with van der Waals surface area (Å²) in [6.07, 6.45) is 5.83. The number of benzene rings is 1. The smallest absolute Gasteiger partial charge is 0.239 e. The van der Waals surface area contributed by atoms with Crippen LogP contribution in [0.1, 0.15) is 38.2 Å². The van der Waals surface area contributed by atoms with Gasteiger partial charge in [0.15, 0.2) is 5.82 Å². The molecule has 2 fully saturated rings. The summed E-state index contributed by atoms with van der Waals surface area (Å²) in [7, 11) is 1.83. The lowest BCUT2D eigenvalue weighted by molar-refractivity contribution is -0.122. The Morgan fingerprint density at radius 3 is 2.83 bits per heavy atom. The van der Waals surface area contributed by atoms with Crippen LogP contribution >= 0.6 is 0 Å². The van der Waals surface area contributed by atoms with Gasteiger partial charge in [0.1, 0.15) is 0 Å². The van der Waals surface area contributed by atoms with Crippen molar-refractivity contribution in [2.45, 2.75) is 56.7 Å². The molecule has 0 saturated carbocycles. The third-order valence-electron chi connectivity index (χ3n) is 6.19. The summed E-state index contributed by atoms with van der Waals surface area (Å²) >= 11 is 0. The summed E-state index contributed by atoms with van der Waals surface area (Å²) < 4.78 is 1.67. The van der Waals surface area contributed by atoms with Crippen molar-refractivity contribution in [3.8, 4) is 0 Å². The van der Waals surface area contributed by atoms with Gasteiger partial charge in [-0.1, -0.05) is 30.3 Å². The van der Waals surface area contributed by atoms with E-state index in [4.69, 9.17) is 0 Å². The lowest BCUT2D eigenvalue weighted by atomic mass is 9.89. The minimum absolute atomic E-state index is 0.0680. The molecule has 3 heterocycles. The highest BCUT2D eigenvalue weighted by Crippen LogP contribution is 2.39. The Bertz CT molecular complexity index is 880. The van der Waals surface area contributed by atoms with Crippen molar-refractivity contribution in [2.75, 3.05) is 11.9 Å². The number of carbonyl (C=O) groups excluding carboxylic acids is 2. The second-order valence-corrected chi connectivity index (χ2v) is 8.52. The van der Waals surface area contributed by atoms with E-state index in [9.17, 15) is 9.59 Å². The molecule has 4 rings (SSSR count). The first kappa shape index (κ1) is 19.6. The monoisotopic (exact) mass is 395 g/mol. The minimum Gasteiger partial charge on any atom is -0.349 e. The molecular weight excluding hydrogens is 366 g/mol. The van der Waals surface area contributed by atoms with Crippen LogP contribution in [0.15, 0.2) is 42.6 Å². The van der Waals surface area contributed by atoms with Gasteiger partial charge in [-0.2, -0.15) is 5.10 Å². The predicted octanol–water partition coefficient (Wildman–Crippen LogP) is 2.10. The zero-order chi connectivity index (χ0) is 20.4. The zero-order valence-corrected chi connectivity index (χ0v) is 17.1. The molecule has 2 aromatic rings. The standard InChI is InChI=1S/C22H29N5O2/c1-22-14-17(13-16-7-4-3-5-8-16)27(18(22)9-6-10-20(28)24-22)15-21(29)23-19-11-12-26(2)25-19/h3-5,7-8,11-12,17-18H,6,9-10,13-15H2,1-2H3,(H,24,28)(H,23,25,29)/t17-,18+,22+/m1/s1. The van der Waals surface area contributed by atoms with Crippen LogP contribution in [-0.2, 0) is 23.1 Å². The van der Waals surface area contributed by atoms with Crippen LogP contribution < -0.4 is 10.6 Å². The second-order valence-electron chi connectivity index (χ2n) is 8.52. The maximum absolute atomic E-state index is 12.8. The Hall–Kier alpha value is -2.67. The van der Waals surface area contributed by atoms with Crippen LogP contribution in [0.4, 0.5) is 5.82 Å². The van der Waals surface area contributed by atoms with Gasteiger partial charge >= 0.3 is 0 Å². The number of nitrogens with one attached hydrogen (secondary N) is 2. The molecule has 7 heteroatoms. The number of aromatic nitrogens is 2. The average molecular weight is 396 g/mol. The number of aryl methyl sites for hydroxylation is 1. The predicted molar refractivity (Wildman–Crippen MR) is 111 cm³/mol. The summed E-state index contributed by atoms with van der Waals surface area (Å²) in [5.74, 6) is 0.614. The highest BCUT2D eigenvalue weighted by Gasteiger charge is 2.50. The lowest BCUT2D eigenvalue weighted by Gasteiger charge is -2.34. The first-order valence-corrected chi connectivity index (χ1v) is 10.3. The Morgan fingerprint density at radius 2 is 2.10 bits per heavy atom. The number of hydrogen-bond acceptors (Lipinski definition) is 4. The lowest BCUT2D eigenvalue weighted by Crippen LogP contribution is -2.54. The molecule has 0 bridgehead atoms. The van der Waals surface area contributed by atoms with Crippen molar-refractivity contribution in [3.63, 3.8) is 0 Å². The molecule has 29 heavy (non-hydrogen) atoms. The van der Waals surface area contributed by atoms with Crippen LogP contribution in [0, 0.1) is 0 Å². The molecule has 2 saturated heterocycles. The molecule has 0 radical (unpaired) electrons. The van der Waals surface area contributed by atoms with Crippen LogP contribution in [0.25, 0.3) is 0 Å². The van der Waals surface area contributed by atoms with Gasteiger partial charge in [-0.25, -0.2) is 0 Å². The van der Waals surface area contributed by atoms with Gasteiger partial charge in [0.2, 0.25) is 11.8 Å².